The maximum atomic E-state index is 9.56. The minimum atomic E-state index is 0.373. The van der Waals surface area contributed by atoms with Crippen molar-refractivity contribution in [1.29, 1.82) is 0 Å². The van der Waals surface area contributed by atoms with Gasteiger partial charge in [-0.05, 0) is 67.1 Å². The van der Waals surface area contributed by atoms with Crippen LogP contribution < -0.4 is 5.32 Å². The van der Waals surface area contributed by atoms with Crippen molar-refractivity contribution in [3.05, 3.63) is 63.6 Å². The van der Waals surface area contributed by atoms with Crippen LogP contribution in [0.3, 0.4) is 0 Å². The van der Waals surface area contributed by atoms with E-state index in [1.807, 2.05) is 6.07 Å². The Morgan fingerprint density at radius 3 is 2.76 bits per heavy atom. The van der Waals surface area contributed by atoms with Crippen LogP contribution in [0.15, 0.2) is 46.9 Å². The number of phenols is 1. The number of nitrogens with one attached hydrogen (secondary N) is 1. The number of hydrogen-bond acceptors (Lipinski definition) is 2. The van der Waals surface area contributed by atoms with E-state index in [0.29, 0.717) is 17.8 Å². The van der Waals surface area contributed by atoms with E-state index in [4.69, 9.17) is 0 Å². The maximum Gasteiger partial charge on any atom is 0.115 e. The monoisotopic (exact) mass is 345 g/mol. The first-order valence-electron chi connectivity index (χ1n) is 7.44. The van der Waals surface area contributed by atoms with Crippen molar-refractivity contribution in [1.82, 2.24) is 5.32 Å². The lowest BCUT2D eigenvalue weighted by atomic mass is 10.0. The molecule has 2 aromatic carbocycles. The predicted octanol–water partition coefficient (Wildman–Crippen LogP) is 4.36. The van der Waals surface area contributed by atoms with Gasteiger partial charge in [0.1, 0.15) is 5.75 Å². The van der Waals surface area contributed by atoms with E-state index in [1.54, 1.807) is 6.07 Å². The number of halogens is 1. The normalized spacial score (nSPS) is 18.5. The van der Waals surface area contributed by atoms with Gasteiger partial charge in [0.05, 0.1) is 0 Å². The average Bonchev–Trinajstić information content (AvgIpc) is 2.83. The molecule has 0 spiro atoms. The van der Waals surface area contributed by atoms with E-state index in [1.165, 1.54) is 16.7 Å². The van der Waals surface area contributed by atoms with Crippen LogP contribution in [0.5, 0.6) is 5.75 Å². The molecule has 2 atom stereocenters. The van der Waals surface area contributed by atoms with Crippen molar-refractivity contribution in [2.75, 3.05) is 0 Å². The number of fused-ring (bicyclic) bond motifs is 1. The molecule has 2 aromatic rings. The van der Waals surface area contributed by atoms with Gasteiger partial charge in [-0.15, -0.1) is 0 Å². The highest BCUT2D eigenvalue weighted by molar-refractivity contribution is 9.10. The van der Waals surface area contributed by atoms with Crippen LogP contribution in [0, 0.1) is 0 Å². The van der Waals surface area contributed by atoms with Crippen LogP contribution in [0.25, 0.3) is 0 Å². The molecule has 1 aliphatic rings. The number of benzene rings is 2. The topological polar surface area (TPSA) is 32.3 Å². The Morgan fingerprint density at radius 1 is 1.24 bits per heavy atom. The first kappa shape index (κ1) is 14.6. The van der Waals surface area contributed by atoms with Gasteiger partial charge < -0.3 is 10.4 Å². The second-order valence-electron chi connectivity index (χ2n) is 5.87. The van der Waals surface area contributed by atoms with Gasteiger partial charge in [0.25, 0.3) is 0 Å². The van der Waals surface area contributed by atoms with Crippen LogP contribution in [-0.4, -0.2) is 11.1 Å². The van der Waals surface area contributed by atoms with Gasteiger partial charge in [-0.3, -0.25) is 0 Å². The van der Waals surface area contributed by atoms with Gasteiger partial charge >= 0.3 is 0 Å². The second kappa shape index (κ2) is 6.20. The van der Waals surface area contributed by atoms with Crippen molar-refractivity contribution in [3.63, 3.8) is 0 Å². The van der Waals surface area contributed by atoms with E-state index < -0.39 is 0 Å². The molecule has 3 heteroatoms. The number of aromatic hydroxyl groups is 1. The van der Waals surface area contributed by atoms with Crippen molar-refractivity contribution in [2.45, 2.75) is 38.3 Å². The van der Waals surface area contributed by atoms with Gasteiger partial charge in [0.2, 0.25) is 0 Å². The Morgan fingerprint density at radius 2 is 2.00 bits per heavy atom. The molecule has 0 bridgehead atoms. The molecule has 110 valence electrons. The molecule has 1 aliphatic carbocycles. The Bertz CT molecular complexity index is 624. The van der Waals surface area contributed by atoms with E-state index in [9.17, 15) is 5.11 Å². The molecule has 3 rings (SSSR count). The Kier molecular flexibility index (Phi) is 4.32. The fourth-order valence-corrected chi connectivity index (χ4v) is 3.42. The van der Waals surface area contributed by atoms with E-state index in [-0.39, 0.29) is 0 Å². The zero-order valence-electron chi connectivity index (χ0n) is 12.1. The predicted molar refractivity (Wildman–Crippen MR) is 89.6 cm³/mol. The minimum absolute atomic E-state index is 0.373. The molecule has 0 radical (unpaired) electrons. The number of hydrogen-bond donors (Lipinski definition) is 2. The van der Waals surface area contributed by atoms with Crippen LogP contribution in [0.2, 0.25) is 0 Å². The van der Waals surface area contributed by atoms with Crippen LogP contribution in [0.4, 0.5) is 0 Å². The van der Waals surface area contributed by atoms with Gasteiger partial charge in [0.15, 0.2) is 0 Å². The largest absolute Gasteiger partial charge is 0.508 e. The van der Waals surface area contributed by atoms with Crippen molar-refractivity contribution in [2.24, 2.45) is 0 Å². The van der Waals surface area contributed by atoms with E-state index in [0.717, 1.165) is 23.7 Å². The zero-order chi connectivity index (χ0) is 14.8. The minimum Gasteiger partial charge on any atom is -0.508 e. The summed E-state index contributed by atoms with van der Waals surface area (Å²) in [6.45, 7) is 2.24. The standard InChI is InChI=1S/C18H20BrNO/c1-12(10-13-2-5-15(19)6-3-13)20-18-9-4-14-11-16(21)7-8-17(14)18/h2-3,5-8,11-12,18,20-21H,4,9-10H2,1H3. The summed E-state index contributed by atoms with van der Waals surface area (Å²) in [6, 6.07) is 15.1. The highest BCUT2D eigenvalue weighted by Crippen LogP contribution is 2.33. The summed E-state index contributed by atoms with van der Waals surface area (Å²) in [5, 5.41) is 13.3. The lowest BCUT2D eigenvalue weighted by Crippen LogP contribution is -2.31. The smallest absolute Gasteiger partial charge is 0.115 e. The average molecular weight is 346 g/mol. The van der Waals surface area contributed by atoms with Crippen LogP contribution >= 0.6 is 15.9 Å². The molecule has 2 nitrogen and oxygen atoms in total. The Labute approximate surface area is 134 Å². The van der Waals surface area contributed by atoms with E-state index in [2.05, 4.69) is 58.5 Å². The fraction of sp³-hybridized carbons (Fsp3) is 0.333. The third kappa shape index (κ3) is 3.47. The van der Waals surface area contributed by atoms with Crippen molar-refractivity contribution < 1.29 is 5.11 Å². The van der Waals surface area contributed by atoms with Gasteiger partial charge in [-0.1, -0.05) is 34.1 Å². The quantitative estimate of drug-likeness (QED) is 0.862. The molecule has 0 saturated heterocycles. The fourth-order valence-electron chi connectivity index (χ4n) is 3.15. The third-order valence-corrected chi connectivity index (χ3v) is 4.67. The van der Waals surface area contributed by atoms with Crippen LogP contribution in [0.1, 0.15) is 36.1 Å². The molecule has 0 amide bonds. The van der Waals surface area contributed by atoms with Gasteiger partial charge in [0, 0.05) is 16.6 Å². The van der Waals surface area contributed by atoms with E-state index >= 15 is 0 Å². The zero-order valence-corrected chi connectivity index (χ0v) is 13.7. The van der Waals surface area contributed by atoms with Crippen molar-refractivity contribution in [3.8, 4) is 5.75 Å². The number of rotatable bonds is 4. The van der Waals surface area contributed by atoms with Gasteiger partial charge in [-0.25, -0.2) is 0 Å². The summed E-state index contributed by atoms with van der Waals surface area (Å²) >= 11 is 3.47. The van der Waals surface area contributed by atoms with Gasteiger partial charge in [-0.2, -0.15) is 0 Å². The summed E-state index contributed by atoms with van der Waals surface area (Å²) < 4.78 is 1.12. The molecule has 2 unspecified atom stereocenters. The maximum absolute atomic E-state index is 9.56. The lowest BCUT2D eigenvalue weighted by Gasteiger charge is -2.20. The second-order valence-corrected chi connectivity index (χ2v) is 6.79. The summed E-state index contributed by atoms with van der Waals surface area (Å²) in [4.78, 5) is 0. The Balaban J connectivity index is 1.64. The molecular weight excluding hydrogens is 326 g/mol. The summed E-state index contributed by atoms with van der Waals surface area (Å²) in [5.41, 5.74) is 3.97. The molecule has 0 fully saturated rings. The first-order valence-corrected chi connectivity index (χ1v) is 8.23. The summed E-state index contributed by atoms with van der Waals surface area (Å²) in [5.74, 6) is 0.373. The SMILES string of the molecule is CC(Cc1ccc(Br)cc1)NC1CCc2cc(O)ccc21. The third-order valence-electron chi connectivity index (χ3n) is 4.15. The van der Waals surface area contributed by atoms with Crippen LogP contribution in [-0.2, 0) is 12.8 Å². The molecule has 0 heterocycles. The molecular formula is C18H20BrNO. The summed E-state index contributed by atoms with van der Waals surface area (Å²) in [7, 11) is 0. The first-order chi connectivity index (χ1) is 10.1. The summed E-state index contributed by atoms with van der Waals surface area (Å²) in [6.07, 6.45) is 3.19. The molecule has 0 saturated carbocycles. The molecule has 0 aromatic heterocycles. The number of phenolic OH excluding ortho intramolecular Hbond substituents is 1. The highest BCUT2D eigenvalue weighted by Gasteiger charge is 2.23. The highest BCUT2D eigenvalue weighted by atomic mass is 79.9. The molecule has 0 aliphatic heterocycles. The Hall–Kier alpha value is -1.32. The molecule has 2 N–H and O–H groups in total. The lowest BCUT2D eigenvalue weighted by molar-refractivity contribution is 0.451. The number of aryl methyl sites for hydroxylation is 1. The van der Waals surface area contributed by atoms with Crippen molar-refractivity contribution >= 4 is 15.9 Å². The molecule has 21 heavy (non-hydrogen) atoms.